The molecule has 0 atom stereocenters. The molecule has 2 amide bonds. The maximum absolute atomic E-state index is 13.1. The van der Waals surface area contributed by atoms with Crippen LogP contribution in [0.4, 0.5) is 10.5 Å². The van der Waals surface area contributed by atoms with Crippen LogP contribution in [0.25, 0.3) is 0 Å². The van der Waals surface area contributed by atoms with Crippen molar-refractivity contribution in [3.8, 4) is 11.5 Å². The average molecular weight is 426 g/mol. The van der Waals surface area contributed by atoms with Crippen molar-refractivity contribution in [2.75, 3.05) is 26.1 Å². The number of aromatic nitrogens is 1. The highest BCUT2D eigenvalue weighted by Gasteiger charge is 2.17. The first-order valence-electron chi connectivity index (χ1n) is 9.51. The van der Waals surface area contributed by atoms with Gasteiger partial charge in [-0.1, -0.05) is 29.8 Å². The molecule has 0 fully saturated rings. The lowest BCUT2D eigenvalue weighted by molar-refractivity contribution is 0.209. The van der Waals surface area contributed by atoms with Crippen molar-refractivity contribution in [2.24, 2.45) is 0 Å². The molecule has 3 aromatic rings. The van der Waals surface area contributed by atoms with Crippen molar-refractivity contribution >= 4 is 23.3 Å². The lowest BCUT2D eigenvalue weighted by atomic mass is 10.2. The Hall–Kier alpha value is -3.25. The highest BCUT2D eigenvalue weighted by atomic mass is 35.5. The molecule has 156 valence electrons. The summed E-state index contributed by atoms with van der Waals surface area (Å²) in [5.74, 6) is 1.31. The average Bonchev–Trinajstić information content (AvgIpc) is 2.78. The molecule has 30 heavy (non-hydrogen) atoms. The van der Waals surface area contributed by atoms with Crippen molar-refractivity contribution in [1.82, 2.24) is 9.88 Å². The molecular formula is C23H24ClN3O3. The van der Waals surface area contributed by atoms with Gasteiger partial charge in [-0.3, -0.25) is 4.98 Å². The number of nitrogens with zero attached hydrogens (tertiary/aromatic N) is 2. The summed E-state index contributed by atoms with van der Waals surface area (Å²) in [5, 5.41) is 3.43. The second-order valence-electron chi connectivity index (χ2n) is 6.62. The Morgan fingerprint density at radius 3 is 2.53 bits per heavy atom. The number of hydrogen-bond acceptors (Lipinski definition) is 4. The maximum Gasteiger partial charge on any atom is 0.322 e. The third-order valence-corrected chi connectivity index (χ3v) is 4.82. The number of urea groups is 1. The van der Waals surface area contributed by atoms with E-state index >= 15 is 0 Å². The smallest absolute Gasteiger partial charge is 0.322 e. The lowest BCUT2D eigenvalue weighted by Gasteiger charge is -2.24. The fourth-order valence-corrected chi connectivity index (χ4v) is 3.14. The second kappa shape index (κ2) is 10.5. The largest absolute Gasteiger partial charge is 0.497 e. The highest BCUT2D eigenvalue weighted by Crippen LogP contribution is 2.28. The van der Waals surface area contributed by atoms with Gasteiger partial charge in [-0.15, -0.1) is 0 Å². The zero-order valence-electron chi connectivity index (χ0n) is 17.0. The van der Waals surface area contributed by atoms with Gasteiger partial charge in [0.25, 0.3) is 0 Å². The Labute approximate surface area is 181 Å². The van der Waals surface area contributed by atoms with Gasteiger partial charge in [0.05, 0.1) is 19.9 Å². The van der Waals surface area contributed by atoms with Crippen LogP contribution < -0.4 is 14.8 Å². The summed E-state index contributed by atoms with van der Waals surface area (Å²) in [4.78, 5) is 19.2. The summed E-state index contributed by atoms with van der Waals surface area (Å²) in [6.07, 6.45) is 2.39. The molecule has 0 aliphatic rings. The third kappa shape index (κ3) is 5.87. The third-order valence-electron chi connectivity index (χ3n) is 4.59. The van der Waals surface area contributed by atoms with Crippen molar-refractivity contribution < 1.29 is 14.3 Å². The zero-order chi connectivity index (χ0) is 21.3. The number of hydrogen-bond donors (Lipinski definition) is 1. The number of anilines is 1. The van der Waals surface area contributed by atoms with Crippen LogP contribution >= 0.6 is 11.6 Å². The van der Waals surface area contributed by atoms with Crippen LogP contribution in [0.3, 0.4) is 0 Å². The topological polar surface area (TPSA) is 63.7 Å². The normalized spacial score (nSPS) is 10.4. The predicted molar refractivity (Wildman–Crippen MR) is 118 cm³/mol. The van der Waals surface area contributed by atoms with Gasteiger partial charge in [0.2, 0.25) is 0 Å². The van der Waals surface area contributed by atoms with E-state index < -0.39 is 0 Å². The number of benzene rings is 2. The van der Waals surface area contributed by atoms with Crippen molar-refractivity contribution in [2.45, 2.75) is 13.0 Å². The van der Waals surface area contributed by atoms with E-state index in [1.807, 2.05) is 42.5 Å². The van der Waals surface area contributed by atoms with E-state index in [1.54, 1.807) is 43.5 Å². The monoisotopic (exact) mass is 425 g/mol. The molecule has 0 aliphatic carbocycles. The van der Waals surface area contributed by atoms with Crippen molar-refractivity contribution in [3.05, 3.63) is 83.1 Å². The van der Waals surface area contributed by atoms with Crippen LogP contribution in [-0.2, 0) is 13.0 Å². The molecule has 0 aliphatic heterocycles. The first-order chi connectivity index (χ1) is 14.6. The summed E-state index contributed by atoms with van der Waals surface area (Å²) < 4.78 is 10.6. The number of methoxy groups -OCH3 is 2. The summed E-state index contributed by atoms with van der Waals surface area (Å²) in [6.45, 7) is 0.934. The Kier molecular flexibility index (Phi) is 7.51. The molecule has 6 nitrogen and oxygen atoms in total. The number of carbonyl (C=O) groups is 1. The summed E-state index contributed by atoms with van der Waals surface area (Å²) in [5.41, 5.74) is 2.43. The van der Waals surface area contributed by atoms with Gasteiger partial charge in [0, 0.05) is 36.4 Å². The molecule has 1 heterocycles. The molecule has 0 saturated carbocycles. The van der Waals surface area contributed by atoms with Crippen LogP contribution in [0, 0.1) is 0 Å². The van der Waals surface area contributed by atoms with Gasteiger partial charge in [-0.05, 0) is 48.0 Å². The fraction of sp³-hybridized carbons (Fsp3) is 0.217. The number of rotatable bonds is 8. The van der Waals surface area contributed by atoms with Crippen molar-refractivity contribution in [1.29, 1.82) is 0 Å². The summed E-state index contributed by atoms with van der Waals surface area (Å²) >= 11 is 6.10. The maximum atomic E-state index is 13.1. The molecule has 1 aromatic heterocycles. The number of amides is 2. The lowest BCUT2D eigenvalue weighted by Crippen LogP contribution is -2.36. The predicted octanol–water partition coefficient (Wildman–Crippen LogP) is 5.03. The molecule has 0 spiro atoms. The zero-order valence-corrected chi connectivity index (χ0v) is 17.7. The number of ether oxygens (including phenoxy) is 2. The van der Waals surface area contributed by atoms with E-state index in [0.29, 0.717) is 36.0 Å². The Morgan fingerprint density at radius 2 is 1.87 bits per heavy atom. The van der Waals surface area contributed by atoms with Crippen LogP contribution in [0.2, 0.25) is 5.02 Å². The molecule has 0 unspecified atom stereocenters. The van der Waals surface area contributed by atoms with E-state index in [0.717, 1.165) is 17.0 Å². The molecule has 0 radical (unpaired) electrons. The first-order valence-corrected chi connectivity index (χ1v) is 9.89. The number of carbonyl (C=O) groups excluding carboxylic acids is 1. The van der Waals surface area contributed by atoms with Gasteiger partial charge in [-0.2, -0.15) is 0 Å². The minimum atomic E-state index is -0.248. The van der Waals surface area contributed by atoms with E-state index in [4.69, 9.17) is 21.1 Å². The Morgan fingerprint density at radius 1 is 1.07 bits per heavy atom. The van der Waals surface area contributed by atoms with E-state index in [2.05, 4.69) is 10.3 Å². The molecule has 0 bridgehead atoms. The number of pyridine rings is 1. The summed E-state index contributed by atoms with van der Waals surface area (Å²) in [6, 6.07) is 18.3. The van der Waals surface area contributed by atoms with Gasteiger partial charge >= 0.3 is 6.03 Å². The minimum Gasteiger partial charge on any atom is -0.497 e. The van der Waals surface area contributed by atoms with E-state index in [9.17, 15) is 4.79 Å². The van der Waals surface area contributed by atoms with Gasteiger partial charge < -0.3 is 19.7 Å². The van der Waals surface area contributed by atoms with E-state index in [1.165, 1.54) is 0 Å². The van der Waals surface area contributed by atoms with Crippen LogP contribution in [-0.4, -0.2) is 36.7 Å². The van der Waals surface area contributed by atoms with Crippen LogP contribution in [0.1, 0.15) is 11.3 Å². The highest BCUT2D eigenvalue weighted by molar-refractivity contribution is 6.31. The van der Waals surface area contributed by atoms with Crippen molar-refractivity contribution in [3.63, 3.8) is 0 Å². The molecule has 7 heteroatoms. The second-order valence-corrected chi connectivity index (χ2v) is 7.05. The fourth-order valence-electron chi connectivity index (χ4n) is 2.97. The molecule has 3 rings (SSSR count). The molecular weight excluding hydrogens is 402 g/mol. The molecule has 1 N–H and O–H groups in total. The minimum absolute atomic E-state index is 0.248. The van der Waals surface area contributed by atoms with Gasteiger partial charge in [0.15, 0.2) is 0 Å². The number of halogens is 1. The Bertz CT molecular complexity index is 965. The summed E-state index contributed by atoms with van der Waals surface area (Å²) in [7, 11) is 3.18. The van der Waals surface area contributed by atoms with Gasteiger partial charge in [-0.25, -0.2) is 4.79 Å². The molecule has 2 aromatic carbocycles. The number of nitrogens with one attached hydrogen (secondary N) is 1. The SMILES string of the molecule is COc1ccc(CN(CCc2ccccn2)C(=O)Nc2cc(Cl)ccc2OC)cc1. The van der Waals surface area contributed by atoms with Gasteiger partial charge in [0.1, 0.15) is 11.5 Å². The van der Waals surface area contributed by atoms with E-state index in [-0.39, 0.29) is 6.03 Å². The quantitative estimate of drug-likeness (QED) is 0.549. The van der Waals surface area contributed by atoms with Crippen LogP contribution in [0.15, 0.2) is 66.9 Å². The molecule has 0 saturated heterocycles. The standard InChI is InChI=1S/C23H24ClN3O3/c1-29-20-9-6-17(7-10-20)16-27(14-12-19-5-3-4-13-25-19)23(28)26-21-15-18(24)8-11-22(21)30-2/h3-11,13,15H,12,14,16H2,1-2H3,(H,26,28). The Balaban J connectivity index is 1.78. The first kappa shape index (κ1) is 21.5. The van der Waals surface area contributed by atoms with Crippen LogP contribution in [0.5, 0.6) is 11.5 Å².